The van der Waals surface area contributed by atoms with Crippen molar-refractivity contribution in [1.82, 2.24) is 4.90 Å². The molecule has 0 bridgehead atoms. The van der Waals surface area contributed by atoms with Crippen molar-refractivity contribution in [3.63, 3.8) is 0 Å². The zero-order valence-electron chi connectivity index (χ0n) is 14.3. The molecule has 0 aliphatic heterocycles. The maximum absolute atomic E-state index is 13.2. The lowest BCUT2D eigenvalue weighted by atomic mass is 10.0. The molecule has 26 heavy (non-hydrogen) atoms. The molecule has 1 amide bonds. The fourth-order valence-corrected chi connectivity index (χ4v) is 3.07. The first-order valence-electron chi connectivity index (χ1n) is 8.64. The summed E-state index contributed by atoms with van der Waals surface area (Å²) < 4.78 is 39.6. The van der Waals surface area contributed by atoms with Gasteiger partial charge in [0.05, 0.1) is 5.56 Å². The molecule has 2 aromatic carbocycles. The van der Waals surface area contributed by atoms with Crippen LogP contribution in [0.25, 0.3) is 0 Å². The maximum Gasteiger partial charge on any atom is 0.416 e. The van der Waals surface area contributed by atoms with Gasteiger partial charge < -0.3 is 10.6 Å². The maximum atomic E-state index is 13.2. The van der Waals surface area contributed by atoms with Crippen molar-refractivity contribution in [2.75, 3.05) is 5.73 Å². The Bertz CT molecular complexity index is 785. The molecule has 6 heteroatoms. The Kier molecular flexibility index (Phi) is 5.20. The molecule has 2 aromatic rings. The number of nitrogen functional groups attached to an aromatic ring is 1. The zero-order chi connectivity index (χ0) is 18.7. The lowest BCUT2D eigenvalue weighted by molar-refractivity contribution is -0.140. The predicted molar refractivity (Wildman–Crippen MR) is 94.2 cm³/mol. The molecular weight excluding hydrogens is 341 g/mol. The minimum absolute atomic E-state index is 0.0105. The van der Waals surface area contributed by atoms with E-state index in [0.29, 0.717) is 12.1 Å². The summed E-state index contributed by atoms with van der Waals surface area (Å²) in [6, 6.07) is 12.8. The Hall–Kier alpha value is -2.50. The lowest BCUT2D eigenvalue weighted by Crippen LogP contribution is -2.33. The largest absolute Gasteiger partial charge is 0.416 e. The van der Waals surface area contributed by atoms with Gasteiger partial charge >= 0.3 is 6.18 Å². The summed E-state index contributed by atoms with van der Waals surface area (Å²) in [7, 11) is 0. The Morgan fingerprint density at radius 1 is 1.04 bits per heavy atom. The van der Waals surface area contributed by atoms with Crippen LogP contribution in [0.2, 0.25) is 0 Å². The molecule has 2 N–H and O–H groups in total. The zero-order valence-corrected chi connectivity index (χ0v) is 14.3. The number of nitrogens with zero attached hydrogens (tertiary/aromatic N) is 1. The number of carbonyl (C=O) groups excluding carboxylic acids is 1. The van der Waals surface area contributed by atoms with Gasteiger partial charge in [-0.05, 0) is 42.5 Å². The number of nitrogens with two attached hydrogens (primary N) is 1. The summed E-state index contributed by atoms with van der Waals surface area (Å²) in [6.07, 6.45) is -2.03. The summed E-state index contributed by atoms with van der Waals surface area (Å²) in [5.74, 6) is -0.132. The third-order valence-electron chi connectivity index (χ3n) is 4.63. The van der Waals surface area contributed by atoms with Crippen LogP contribution >= 0.6 is 0 Å². The second kappa shape index (κ2) is 7.40. The van der Waals surface area contributed by atoms with Gasteiger partial charge in [0.1, 0.15) is 0 Å². The third kappa shape index (κ3) is 4.36. The van der Waals surface area contributed by atoms with Crippen molar-refractivity contribution in [1.29, 1.82) is 0 Å². The highest BCUT2D eigenvalue weighted by Crippen LogP contribution is 2.35. The molecule has 0 radical (unpaired) electrons. The van der Waals surface area contributed by atoms with E-state index in [1.54, 1.807) is 17.0 Å². The Morgan fingerprint density at radius 2 is 1.65 bits per heavy atom. The molecule has 138 valence electrons. The second-order valence-electron chi connectivity index (χ2n) is 6.61. The van der Waals surface area contributed by atoms with Crippen LogP contribution in [0, 0.1) is 0 Å². The van der Waals surface area contributed by atoms with E-state index in [4.69, 9.17) is 5.73 Å². The average molecular weight is 362 g/mol. The SMILES string of the molecule is Nc1ccccc1CCC(=O)N(Cc1ccccc1C(F)(F)F)C1CC1. The molecule has 0 heterocycles. The van der Waals surface area contributed by atoms with Crippen LogP contribution in [0.5, 0.6) is 0 Å². The standard InChI is InChI=1S/C20H21F3N2O/c21-20(22,23)17-7-3-1-6-15(17)13-25(16-10-11-16)19(26)12-9-14-5-2-4-8-18(14)24/h1-8,16H,9-13,24H2. The molecule has 0 saturated heterocycles. The second-order valence-corrected chi connectivity index (χ2v) is 6.61. The van der Waals surface area contributed by atoms with Crippen molar-refractivity contribution in [2.45, 2.75) is 44.4 Å². The number of hydrogen-bond donors (Lipinski definition) is 1. The average Bonchev–Trinajstić information content (AvgIpc) is 3.43. The molecule has 1 fully saturated rings. The summed E-state index contributed by atoms with van der Waals surface area (Å²) >= 11 is 0. The molecule has 0 aromatic heterocycles. The molecule has 0 atom stereocenters. The number of benzene rings is 2. The van der Waals surface area contributed by atoms with E-state index in [2.05, 4.69) is 0 Å². The fourth-order valence-electron chi connectivity index (χ4n) is 3.07. The summed E-state index contributed by atoms with van der Waals surface area (Å²) in [6.45, 7) is -0.0105. The van der Waals surface area contributed by atoms with E-state index in [-0.39, 0.29) is 30.5 Å². The first-order valence-corrected chi connectivity index (χ1v) is 8.64. The van der Waals surface area contributed by atoms with E-state index in [1.165, 1.54) is 12.1 Å². The highest BCUT2D eigenvalue weighted by atomic mass is 19.4. The van der Waals surface area contributed by atoms with Crippen molar-refractivity contribution < 1.29 is 18.0 Å². The minimum atomic E-state index is -4.42. The van der Waals surface area contributed by atoms with Crippen molar-refractivity contribution in [3.05, 3.63) is 65.2 Å². The minimum Gasteiger partial charge on any atom is -0.399 e. The topological polar surface area (TPSA) is 46.3 Å². The van der Waals surface area contributed by atoms with E-state index in [0.717, 1.165) is 24.5 Å². The number of alkyl halides is 3. The van der Waals surface area contributed by atoms with Gasteiger partial charge in [-0.3, -0.25) is 4.79 Å². The van der Waals surface area contributed by atoms with Gasteiger partial charge in [-0.2, -0.15) is 13.2 Å². The van der Waals surface area contributed by atoms with Crippen LogP contribution in [-0.4, -0.2) is 16.8 Å². The van der Waals surface area contributed by atoms with E-state index in [9.17, 15) is 18.0 Å². The smallest absolute Gasteiger partial charge is 0.399 e. The van der Waals surface area contributed by atoms with Gasteiger partial charge in [-0.25, -0.2) is 0 Å². The van der Waals surface area contributed by atoms with E-state index < -0.39 is 11.7 Å². The number of halogens is 3. The molecule has 1 saturated carbocycles. The number of hydrogen-bond acceptors (Lipinski definition) is 2. The number of aryl methyl sites for hydroxylation is 1. The first-order chi connectivity index (χ1) is 12.4. The van der Waals surface area contributed by atoms with Crippen molar-refractivity contribution in [2.24, 2.45) is 0 Å². The number of anilines is 1. The molecule has 3 nitrogen and oxygen atoms in total. The molecule has 3 rings (SSSR count). The van der Waals surface area contributed by atoms with Gasteiger partial charge in [0.15, 0.2) is 0 Å². The predicted octanol–water partition coefficient (Wildman–Crippen LogP) is 4.41. The van der Waals surface area contributed by atoms with Crippen molar-refractivity contribution >= 4 is 11.6 Å². The highest BCUT2D eigenvalue weighted by Gasteiger charge is 2.36. The van der Waals surface area contributed by atoms with Crippen LogP contribution in [0.3, 0.4) is 0 Å². The number of carbonyl (C=O) groups is 1. The third-order valence-corrected chi connectivity index (χ3v) is 4.63. The van der Waals surface area contributed by atoms with Gasteiger partial charge in [0.2, 0.25) is 5.91 Å². The Morgan fingerprint density at radius 3 is 2.27 bits per heavy atom. The van der Waals surface area contributed by atoms with Crippen LogP contribution in [0.1, 0.15) is 36.0 Å². The molecule has 1 aliphatic carbocycles. The number of amides is 1. The fraction of sp³-hybridized carbons (Fsp3) is 0.350. The Balaban J connectivity index is 1.72. The molecular formula is C20H21F3N2O. The molecule has 0 spiro atoms. The van der Waals surface area contributed by atoms with Crippen LogP contribution in [0.15, 0.2) is 48.5 Å². The van der Waals surface area contributed by atoms with Crippen molar-refractivity contribution in [3.8, 4) is 0 Å². The van der Waals surface area contributed by atoms with Gasteiger partial charge in [-0.15, -0.1) is 0 Å². The summed E-state index contributed by atoms with van der Waals surface area (Å²) in [5.41, 5.74) is 6.87. The van der Waals surface area contributed by atoms with Crippen LogP contribution in [0.4, 0.5) is 18.9 Å². The van der Waals surface area contributed by atoms with Gasteiger partial charge in [0.25, 0.3) is 0 Å². The van der Waals surface area contributed by atoms with Gasteiger partial charge in [0, 0.05) is 24.7 Å². The summed E-state index contributed by atoms with van der Waals surface area (Å²) in [4.78, 5) is 14.3. The van der Waals surface area contributed by atoms with E-state index >= 15 is 0 Å². The van der Waals surface area contributed by atoms with Crippen LogP contribution < -0.4 is 5.73 Å². The highest BCUT2D eigenvalue weighted by molar-refractivity contribution is 5.77. The quantitative estimate of drug-likeness (QED) is 0.774. The first kappa shape index (κ1) is 18.3. The monoisotopic (exact) mass is 362 g/mol. The molecule has 1 aliphatic rings. The Labute approximate surface area is 150 Å². The number of para-hydroxylation sites is 1. The summed E-state index contributed by atoms with van der Waals surface area (Å²) in [5, 5.41) is 0. The van der Waals surface area contributed by atoms with Gasteiger partial charge in [-0.1, -0.05) is 36.4 Å². The normalized spacial score (nSPS) is 14.3. The van der Waals surface area contributed by atoms with Crippen LogP contribution in [-0.2, 0) is 23.9 Å². The lowest BCUT2D eigenvalue weighted by Gasteiger charge is -2.24. The van der Waals surface area contributed by atoms with E-state index in [1.807, 2.05) is 18.2 Å². The molecule has 0 unspecified atom stereocenters. The number of rotatable bonds is 6.